The van der Waals surface area contributed by atoms with Crippen molar-refractivity contribution in [2.24, 2.45) is 0 Å². The second-order valence-electron chi connectivity index (χ2n) is 5.07. The average Bonchev–Trinajstić information content (AvgIpc) is 2.32. The maximum atomic E-state index is 13.3. The summed E-state index contributed by atoms with van der Waals surface area (Å²) in [6, 6.07) is 3.16. The van der Waals surface area contributed by atoms with Gasteiger partial charge in [0.15, 0.2) is 0 Å². The second kappa shape index (κ2) is 6.45. The van der Waals surface area contributed by atoms with Gasteiger partial charge >= 0.3 is 5.97 Å². The molecule has 0 aliphatic carbocycles. The number of carboxylic acid groups (broad SMARTS) is 1. The van der Waals surface area contributed by atoms with Crippen LogP contribution in [0.3, 0.4) is 0 Å². The third-order valence-corrected chi connectivity index (χ3v) is 2.84. The van der Waals surface area contributed by atoms with E-state index in [-0.39, 0.29) is 18.4 Å². The number of aliphatic carboxylic acids is 1. The van der Waals surface area contributed by atoms with E-state index in [1.807, 2.05) is 0 Å². The van der Waals surface area contributed by atoms with E-state index in [4.69, 9.17) is 5.11 Å². The molecule has 0 aliphatic rings. The zero-order chi connectivity index (χ0) is 15.3. The van der Waals surface area contributed by atoms with Gasteiger partial charge in [0.2, 0.25) is 5.91 Å². The first-order valence-corrected chi connectivity index (χ1v) is 6.20. The van der Waals surface area contributed by atoms with Gasteiger partial charge in [-0.2, -0.15) is 0 Å². The fourth-order valence-corrected chi connectivity index (χ4v) is 1.64. The quantitative estimate of drug-likeness (QED) is 0.842. The van der Waals surface area contributed by atoms with Crippen molar-refractivity contribution in [3.05, 3.63) is 35.4 Å². The molecule has 0 bridgehead atoms. The molecule has 0 radical (unpaired) electrons. The number of amides is 1. The topological polar surface area (TPSA) is 66.4 Å². The monoisotopic (exact) mass is 285 g/mol. The molecule has 0 aliphatic heterocycles. The maximum Gasteiger partial charge on any atom is 0.328 e. The van der Waals surface area contributed by atoms with Crippen LogP contribution >= 0.6 is 0 Å². The number of carbonyl (C=O) groups excluding carboxylic acids is 1. The van der Waals surface area contributed by atoms with E-state index in [2.05, 4.69) is 5.32 Å². The fourth-order valence-electron chi connectivity index (χ4n) is 1.64. The molecule has 2 N–H and O–H groups in total. The molecule has 20 heavy (non-hydrogen) atoms. The molecule has 4 nitrogen and oxygen atoms in total. The van der Waals surface area contributed by atoms with E-state index in [0.717, 1.165) is 18.2 Å². The van der Waals surface area contributed by atoms with E-state index in [1.54, 1.807) is 0 Å². The summed E-state index contributed by atoms with van der Waals surface area (Å²) in [7, 11) is 0. The molecule has 1 rings (SSSR count). The highest BCUT2D eigenvalue weighted by molar-refractivity contribution is 5.86. The van der Waals surface area contributed by atoms with Crippen LogP contribution < -0.4 is 5.32 Å². The van der Waals surface area contributed by atoms with Gasteiger partial charge in [0.1, 0.15) is 17.2 Å². The van der Waals surface area contributed by atoms with Gasteiger partial charge in [-0.15, -0.1) is 0 Å². The van der Waals surface area contributed by atoms with Crippen LogP contribution in [0.5, 0.6) is 0 Å². The van der Waals surface area contributed by atoms with Crippen LogP contribution in [0.1, 0.15) is 32.3 Å². The number of nitrogens with one attached hydrogen (secondary N) is 1. The summed E-state index contributed by atoms with van der Waals surface area (Å²) in [6.07, 6.45) is 0.569. The highest BCUT2D eigenvalue weighted by atomic mass is 19.1. The minimum absolute atomic E-state index is 0.0483. The fraction of sp³-hybridized carbons (Fsp3) is 0.429. The van der Waals surface area contributed by atoms with Gasteiger partial charge in [-0.05, 0) is 50.5 Å². The number of aryl methyl sites for hydroxylation is 1. The highest BCUT2D eigenvalue weighted by Gasteiger charge is 2.28. The van der Waals surface area contributed by atoms with Gasteiger partial charge in [0.25, 0.3) is 0 Å². The van der Waals surface area contributed by atoms with Crippen LogP contribution in [0.2, 0.25) is 0 Å². The van der Waals surface area contributed by atoms with Crippen molar-refractivity contribution in [2.75, 3.05) is 0 Å². The van der Waals surface area contributed by atoms with Crippen molar-refractivity contribution in [1.29, 1.82) is 0 Å². The second-order valence-corrected chi connectivity index (χ2v) is 5.07. The highest BCUT2D eigenvalue weighted by Crippen LogP contribution is 2.13. The Balaban J connectivity index is 2.47. The number of carboxylic acids is 1. The van der Waals surface area contributed by atoms with Crippen molar-refractivity contribution in [1.82, 2.24) is 5.32 Å². The molecule has 0 aromatic heterocycles. The lowest BCUT2D eigenvalue weighted by Gasteiger charge is -2.20. The van der Waals surface area contributed by atoms with Crippen LogP contribution in [0, 0.1) is 11.6 Å². The summed E-state index contributed by atoms with van der Waals surface area (Å²) in [5, 5.41) is 11.2. The molecule has 0 saturated heterocycles. The Bertz CT molecular complexity index is 515. The average molecular weight is 285 g/mol. The Hall–Kier alpha value is -1.98. The summed E-state index contributed by atoms with van der Waals surface area (Å²) >= 11 is 0. The predicted octanol–water partition coefficient (Wildman–Crippen LogP) is 2.27. The molecular weight excluding hydrogens is 268 g/mol. The molecular formula is C14H17F2NO3. The molecule has 110 valence electrons. The molecule has 0 atom stereocenters. The van der Waals surface area contributed by atoms with Crippen LogP contribution in [-0.4, -0.2) is 22.5 Å². The summed E-state index contributed by atoms with van der Waals surface area (Å²) in [5.74, 6) is -2.62. The first-order valence-electron chi connectivity index (χ1n) is 6.20. The minimum Gasteiger partial charge on any atom is -0.480 e. The van der Waals surface area contributed by atoms with Crippen molar-refractivity contribution >= 4 is 11.9 Å². The smallest absolute Gasteiger partial charge is 0.328 e. The lowest BCUT2D eigenvalue weighted by Crippen LogP contribution is -2.49. The van der Waals surface area contributed by atoms with Gasteiger partial charge in [0.05, 0.1) is 0 Å². The number of benzene rings is 1. The Morgan fingerprint density at radius 2 is 1.95 bits per heavy atom. The summed E-state index contributed by atoms with van der Waals surface area (Å²) in [4.78, 5) is 22.4. The van der Waals surface area contributed by atoms with Crippen molar-refractivity contribution in [2.45, 2.75) is 38.6 Å². The van der Waals surface area contributed by atoms with Crippen LogP contribution in [0.4, 0.5) is 8.78 Å². The third kappa shape index (κ3) is 4.60. The van der Waals surface area contributed by atoms with E-state index in [1.165, 1.54) is 13.8 Å². The van der Waals surface area contributed by atoms with Gasteiger partial charge in [-0.1, -0.05) is 0 Å². The lowest BCUT2D eigenvalue weighted by molar-refractivity contribution is -0.146. The van der Waals surface area contributed by atoms with Crippen molar-refractivity contribution in [3.63, 3.8) is 0 Å². The van der Waals surface area contributed by atoms with Crippen molar-refractivity contribution < 1.29 is 23.5 Å². The number of hydrogen-bond donors (Lipinski definition) is 2. The number of halogens is 2. The molecule has 0 unspecified atom stereocenters. The summed E-state index contributed by atoms with van der Waals surface area (Å²) < 4.78 is 26.3. The van der Waals surface area contributed by atoms with E-state index < -0.39 is 29.0 Å². The summed E-state index contributed by atoms with van der Waals surface area (Å²) in [5.41, 5.74) is -1.14. The molecule has 1 amide bonds. The number of hydrogen-bond acceptors (Lipinski definition) is 2. The van der Waals surface area contributed by atoms with Crippen LogP contribution in [0.15, 0.2) is 18.2 Å². The van der Waals surface area contributed by atoms with Gasteiger partial charge in [-0.25, -0.2) is 13.6 Å². The van der Waals surface area contributed by atoms with Gasteiger partial charge < -0.3 is 10.4 Å². The normalized spacial score (nSPS) is 11.2. The van der Waals surface area contributed by atoms with E-state index >= 15 is 0 Å². The number of carbonyl (C=O) groups is 2. The Kier molecular flexibility index (Phi) is 5.19. The molecule has 0 fully saturated rings. The Labute approximate surface area is 115 Å². The first kappa shape index (κ1) is 16.1. The van der Waals surface area contributed by atoms with Gasteiger partial charge in [-0.3, -0.25) is 4.79 Å². The third-order valence-electron chi connectivity index (χ3n) is 2.84. The van der Waals surface area contributed by atoms with E-state index in [0.29, 0.717) is 6.42 Å². The van der Waals surface area contributed by atoms with E-state index in [9.17, 15) is 18.4 Å². The molecule has 0 heterocycles. The standard InChI is InChI=1S/C14H17F2NO3/c1-14(2,13(19)20)17-12(18)5-3-4-9-8-10(15)6-7-11(9)16/h6-8H,3-5H2,1-2H3,(H,17,18)(H,19,20). The predicted molar refractivity (Wildman–Crippen MR) is 69.2 cm³/mol. The van der Waals surface area contributed by atoms with Crippen LogP contribution in [-0.2, 0) is 16.0 Å². The Morgan fingerprint density at radius 1 is 1.30 bits per heavy atom. The van der Waals surface area contributed by atoms with Gasteiger partial charge in [0, 0.05) is 6.42 Å². The Morgan fingerprint density at radius 3 is 2.55 bits per heavy atom. The van der Waals surface area contributed by atoms with Crippen molar-refractivity contribution in [3.8, 4) is 0 Å². The zero-order valence-electron chi connectivity index (χ0n) is 11.4. The first-order chi connectivity index (χ1) is 9.22. The van der Waals surface area contributed by atoms with Crippen LogP contribution in [0.25, 0.3) is 0 Å². The summed E-state index contributed by atoms with van der Waals surface area (Å²) in [6.45, 7) is 2.75. The molecule has 0 spiro atoms. The zero-order valence-corrected chi connectivity index (χ0v) is 11.4. The molecule has 1 aromatic carbocycles. The SMILES string of the molecule is CC(C)(NC(=O)CCCc1cc(F)ccc1F)C(=O)O. The maximum absolute atomic E-state index is 13.3. The largest absolute Gasteiger partial charge is 0.480 e. The minimum atomic E-state index is -1.35. The molecule has 0 saturated carbocycles. The number of rotatable bonds is 6. The lowest BCUT2D eigenvalue weighted by atomic mass is 10.0. The molecule has 1 aromatic rings. The molecule has 6 heteroatoms.